The zero-order valence-corrected chi connectivity index (χ0v) is 8.10. The molecule has 5 heteroatoms. The predicted molar refractivity (Wildman–Crippen MR) is 51.2 cm³/mol. The van der Waals surface area contributed by atoms with E-state index < -0.39 is 0 Å². The molecular formula is C7H9Cl2N3. The van der Waals surface area contributed by atoms with Crippen LogP contribution in [0.3, 0.4) is 0 Å². The van der Waals surface area contributed by atoms with Gasteiger partial charge in [0.2, 0.25) is 0 Å². The Hall–Kier alpha value is -0.670. The van der Waals surface area contributed by atoms with Gasteiger partial charge < -0.3 is 5.73 Å². The molecule has 0 bridgehead atoms. The molecule has 0 aliphatic heterocycles. The summed E-state index contributed by atoms with van der Waals surface area (Å²) >= 11 is 10.9. The second kappa shape index (κ2) is 3.83. The maximum atomic E-state index is 5.58. The molecule has 3 nitrogen and oxygen atoms in total. The molecule has 0 fully saturated rings. The zero-order chi connectivity index (χ0) is 9.14. The standard InChI is InChI=1S/C7H9Cl2N3/c1-5-6(10)4-12(11-5)3-2-7(8)9/h2,4H,3,10H2,1H3. The second-order valence-corrected chi connectivity index (χ2v) is 3.39. The lowest BCUT2D eigenvalue weighted by molar-refractivity contribution is 0.694. The van der Waals surface area contributed by atoms with Crippen LogP contribution in [0, 0.1) is 6.92 Å². The van der Waals surface area contributed by atoms with Gasteiger partial charge in [0.15, 0.2) is 0 Å². The number of rotatable bonds is 2. The molecule has 1 aromatic heterocycles. The molecule has 0 radical (unpaired) electrons. The van der Waals surface area contributed by atoms with Crippen LogP contribution in [0.15, 0.2) is 16.8 Å². The van der Waals surface area contributed by atoms with E-state index >= 15 is 0 Å². The van der Waals surface area contributed by atoms with E-state index in [4.69, 9.17) is 28.9 Å². The van der Waals surface area contributed by atoms with Crippen molar-refractivity contribution in [3.8, 4) is 0 Å². The maximum Gasteiger partial charge on any atom is 0.104 e. The largest absolute Gasteiger partial charge is 0.396 e. The predicted octanol–water partition coefficient (Wildman–Crippen LogP) is 2.09. The van der Waals surface area contributed by atoms with Crippen molar-refractivity contribution in [3.63, 3.8) is 0 Å². The van der Waals surface area contributed by atoms with Crippen molar-refractivity contribution in [2.75, 3.05) is 5.73 Å². The van der Waals surface area contributed by atoms with E-state index in [-0.39, 0.29) is 4.49 Å². The summed E-state index contributed by atoms with van der Waals surface area (Å²) in [5.74, 6) is 0. The molecule has 0 saturated carbocycles. The third-order valence-corrected chi connectivity index (χ3v) is 1.73. The number of aromatic nitrogens is 2. The minimum absolute atomic E-state index is 0.238. The first kappa shape index (κ1) is 9.42. The Labute approximate surface area is 80.8 Å². The lowest BCUT2D eigenvalue weighted by Gasteiger charge is -1.92. The number of allylic oxidation sites excluding steroid dienone is 1. The topological polar surface area (TPSA) is 43.8 Å². The summed E-state index contributed by atoms with van der Waals surface area (Å²) in [5, 5.41) is 4.11. The van der Waals surface area contributed by atoms with Gasteiger partial charge in [0.05, 0.1) is 17.9 Å². The average Bonchev–Trinajstić information content (AvgIpc) is 2.28. The van der Waals surface area contributed by atoms with Crippen LogP contribution in [-0.2, 0) is 6.54 Å². The molecule has 0 amide bonds. The lowest BCUT2D eigenvalue weighted by atomic mass is 10.4. The molecule has 1 rings (SSSR count). The first-order valence-electron chi connectivity index (χ1n) is 3.40. The van der Waals surface area contributed by atoms with Crippen LogP contribution in [0.4, 0.5) is 5.69 Å². The van der Waals surface area contributed by atoms with E-state index in [1.54, 1.807) is 17.0 Å². The number of halogens is 2. The Bertz CT molecular complexity index is 280. The molecule has 0 aliphatic rings. The summed E-state index contributed by atoms with van der Waals surface area (Å²) < 4.78 is 1.91. The molecule has 1 heterocycles. The summed E-state index contributed by atoms with van der Waals surface area (Å²) in [6.07, 6.45) is 3.39. The summed E-state index contributed by atoms with van der Waals surface area (Å²) in [5.41, 5.74) is 7.07. The van der Waals surface area contributed by atoms with Crippen molar-refractivity contribution in [2.45, 2.75) is 13.5 Å². The van der Waals surface area contributed by atoms with Gasteiger partial charge in [0.1, 0.15) is 4.49 Å². The summed E-state index contributed by atoms with van der Waals surface area (Å²) in [6, 6.07) is 0. The number of nitrogens with zero attached hydrogens (tertiary/aromatic N) is 2. The molecule has 0 aromatic carbocycles. The Kier molecular flexibility index (Phi) is 3.00. The molecule has 0 atom stereocenters. The van der Waals surface area contributed by atoms with E-state index in [1.807, 2.05) is 6.92 Å². The van der Waals surface area contributed by atoms with Crippen LogP contribution in [0.25, 0.3) is 0 Å². The number of hydrogen-bond donors (Lipinski definition) is 1. The second-order valence-electron chi connectivity index (χ2n) is 2.39. The lowest BCUT2D eigenvalue weighted by Crippen LogP contribution is -1.95. The van der Waals surface area contributed by atoms with Gasteiger partial charge >= 0.3 is 0 Å². The monoisotopic (exact) mass is 205 g/mol. The highest BCUT2D eigenvalue weighted by molar-refractivity contribution is 6.55. The first-order valence-corrected chi connectivity index (χ1v) is 4.16. The smallest absolute Gasteiger partial charge is 0.104 e. The van der Waals surface area contributed by atoms with Crippen LogP contribution in [0.5, 0.6) is 0 Å². The molecule has 2 N–H and O–H groups in total. The van der Waals surface area contributed by atoms with Crippen molar-refractivity contribution in [1.29, 1.82) is 0 Å². The fourth-order valence-electron chi connectivity index (χ4n) is 0.789. The van der Waals surface area contributed by atoms with Crippen LogP contribution in [-0.4, -0.2) is 9.78 Å². The van der Waals surface area contributed by atoms with Gasteiger partial charge in [-0.15, -0.1) is 0 Å². The maximum absolute atomic E-state index is 5.58. The van der Waals surface area contributed by atoms with Crippen LogP contribution in [0.1, 0.15) is 5.69 Å². The highest BCUT2D eigenvalue weighted by atomic mass is 35.5. The van der Waals surface area contributed by atoms with E-state index in [2.05, 4.69) is 5.10 Å². The van der Waals surface area contributed by atoms with Gasteiger partial charge in [-0.25, -0.2) is 0 Å². The Morgan fingerprint density at radius 1 is 1.75 bits per heavy atom. The van der Waals surface area contributed by atoms with Crippen molar-refractivity contribution in [1.82, 2.24) is 9.78 Å². The Morgan fingerprint density at radius 3 is 2.83 bits per heavy atom. The fraction of sp³-hybridized carbons (Fsp3) is 0.286. The molecule has 1 aromatic rings. The third kappa shape index (κ3) is 2.43. The van der Waals surface area contributed by atoms with Crippen LogP contribution in [0.2, 0.25) is 0 Å². The number of nitrogen functional groups attached to an aromatic ring is 1. The van der Waals surface area contributed by atoms with Crippen molar-refractivity contribution >= 4 is 28.9 Å². The normalized spacial score (nSPS) is 9.92. The molecule has 0 unspecified atom stereocenters. The number of anilines is 1. The quantitative estimate of drug-likeness (QED) is 0.804. The number of hydrogen-bond acceptors (Lipinski definition) is 2. The van der Waals surface area contributed by atoms with E-state index in [0.29, 0.717) is 12.2 Å². The summed E-state index contributed by atoms with van der Waals surface area (Å²) in [7, 11) is 0. The van der Waals surface area contributed by atoms with Crippen molar-refractivity contribution < 1.29 is 0 Å². The molecular weight excluding hydrogens is 197 g/mol. The molecule has 0 saturated heterocycles. The zero-order valence-electron chi connectivity index (χ0n) is 6.59. The first-order chi connectivity index (χ1) is 5.59. The summed E-state index contributed by atoms with van der Waals surface area (Å²) in [6.45, 7) is 2.39. The Balaban J connectivity index is 2.71. The number of nitrogens with two attached hydrogens (primary N) is 1. The van der Waals surface area contributed by atoms with Gasteiger partial charge in [-0.05, 0) is 13.0 Å². The van der Waals surface area contributed by atoms with Crippen molar-refractivity contribution in [2.24, 2.45) is 0 Å². The molecule has 0 spiro atoms. The fourth-order valence-corrected chi connectivity index (χ4v) is 0.927. The molecule has 12 heavy (non-hydrogen) atoms. The van der Waals surface area contributed by atoms with Gasteiger partial charge in [0, 0.05) is 6.20 Å². The van der Waals surface area contributed by atoms with Crippen LogP contribution < -0.4 is 5.73 Å². The van der Waals surface area contributed by atoms with Gasteiger partial charge in [0.25, 0.3) is 0 Å². The van der Waals surface area contributed by atoms with Gasteiger partial charge in [-0.2, -0.15) is 5.10 Å². The third-order valence-electron chi connectivity index (χ3n) is 1.42. The highest BCUT2D eigenvalue weighted by Crippen LogP contribution is 2.09. The minimum Gasteiger partial charge on any atom is -0.396 e. The highest BCUT2D eigenvalue weighted by Gasteiger charge is 1.98. The van der Waals surface area contributed by atoms with Gasteiger partial charge in [-0.3, -0.25) is 4.68 Å². The summed E-state index contributed by atoms with van der Waals surface area (Å²) in [4.78, 5) is 0. The van der Waals surface area contributed by atoms with E-state index in [9.17, 15) is 0 Å². The number of aryl methyl sites for hydroxylation is 1. The average molecular weight is 206 g/mol. The van der Waals surface area contributed by atoms with Crippen molar-refractivity contribution in [3.05, 3.63) is 22.5 Å². The van der Waals surface area contributed by atoms with Gasteiger partial charge in [-0.1, -0.05) is 23.2 Å². The molecule has 0 aliphatic carbocycles. The van der Waals surface area contributed by atoms with Crippen LogP contribution >= 0.6 is 23.2 Å². The Morgan fingerprint density at radius 2 is 2.42 bits per heavy atom. The van der Waals surface area contributed by atoms with E-state index in [0.717, 1.165) is 5.69 Å². The minimum atomic E-state index is 0.238. The SMILES string of the molecule is Cc1nn(CC=C(Cl)Cl)cc1N. The molecule has 66 valence electrons. The van der Waals surface area contributed by atoms with E-state index in [1.165, 1.54) is 0 Å².